The number of hydrogen-bond acceptors (Lipinski definition) is 7. The Bertz CT molecular complexity index is 664. The molecule has 0 spiro atoms. The van der Waals surface area contributed by atoms with Gasteiger partial charge in [0.25, 0.3) is 0 Å². The third-order valence-electron chi connectivity index (χ3n) is 3.14. The molecule has 2 aromatic heterocycles. The van der Waals surface area contributed by atoms with Gasteiger partial charge in [0.2, 0.25) is 11.2 Å². The lowest BCUT2D eigenvalue weighted by molar-refractivity contribution is -0.0431. The predicted molar refractivity (Wildman–Crippen MR) is 71.4 cm³/mol. The monoisotopic (exact) mass is 319 g/mol. The predicted octanol–water partition coefficient (Wildman–Crippen LogP) is 0.356. The standard InChI is InChI=1S/C10H11Cl2N5O3/c11-7-6-8(16-10(13)15-7)17(9(12)14-6)5-1-3(19)4(2-18)20-5/h3-5,18-19H,1-2H2,(H2,13,15,16)/t3-,4+,5+/m1/s1. The number of aromatic nitrogens is 4. The number of ether oxygens (including phenoxy) is 1. The summed E-state index contributed by atoms with van der Waals surface area (Å²) in [5.41, 5.74) is 6.19. The maximum atomic E-state index is 9.78. The van der Waals surface area contributed by atoms with Crippen LogP contribution in [0, 0.1) is 0 Å². The van der Waals surface area contributed by atoms with E-state index < -0.39 is 18.4 Å². The van der Waals surface area contributed by atoms with Crippen LogP contribution in [0.25, 0.3) is 11.2 Å². The highest BCUT2D eigenvalue weighted by molar-refractivity contribution is 6.34. The van der Waals surface area contributed by atoms with Crippen molar-refractivity contribution in [2.45, 2.75) is 24.9 Å². The molecule has 1 saturated heterocycles. The SMILES string of the molecule is Nc1nc(Cl)c2nc(Cl)n([C@@H]3C[C@@H](O)[C@H](CO)O3)c2n1. The maximum Gasteiger partial charge on any atom is 0.223 e. The van der Waals surface area contributed by atoms with Gasteiger partial charge in [-0.3, -0.25) is 4.57 Å². The van der Waals surface area contributed by atoms with Crippen LogP contribution in [0.5, 0.6) is 0 Å². The van der Waals surface area contributed by atoms with Crippen LogP contribution in [0.2, 0.25) is 10.4 Å². The van der Waals surface area contributed by atoms with Gasteiger partial charge in [-0.25, -0.2) is 4.98 Å². The molecule has 1 aliphatic rings. The lowest BCUT2D eigenvalue weighted by Crippen LogP contribution is -2.24. The van der Waals surface area contributed by atoms with Gasteiger partial charge in [-0.05, 0) is 11.6 Å². The Balaban J connectivity index is 2.10. The van der Waals surface area contributed by atoms with Gasteiger partial charge in [-0.15, -0.1) is 0 Å². The van der Waals surface area contributed by atoms with E-state index in [1.165, 1.54) is 4.57 Å². The molecule has 3 heterocycles. The second kappa shape index (κ2) is 4.97. The fourth-order valence-electron chi connectivity index (χ4n) is 2.22. The summed E-state index contributed by atoms with van der Waals surface area (Å²) in [7, 11) is 0. The molecule has 8 nitrogen and oxygen atoms in total. The van der Waals surface area contributed by atoms with Crippen molar-refractivity contribution in [1.29, 1.82) is 0 Å². The van der Waals surface area contributed by atoms with E-state index in [1.54, 1.807) is 0 Å². The molecule has 1 aliphatic heterocycles. The van der Waals surface area contributed by atoms with E-state index in [4.69, 9.17) is 38.8 Å². The van der Waals surface area contributed by atoms with E-state index >= 15 is 0 Å². The van der Waals surface area contributed by atoms with Crippen molar-refractivity contribution < 1.29 is 14.9 Å². The second-order valence-electron chi connectivity index (χ2n) is 4.41. The molecule has 4 N–H and O–H groups in total. The maximum absolute atomic E-state index is 9.78. The Kier molecular flexibility index (Phi) is 3.43. The summed E-state index contributed by atoms with van der Waals surface area (Å²) in [5, 5.41) is 19.1. The topological polar surface area (TPSA) is 119 Å². The molecule has 10 heteroatoms. The summed E-state index contributed by atoms with van der Waals surface area (Å²) >= 11 is 12.0. The molecule has 3 rings (SSSR count). The smallest absolute Gasteiger partial charge is 0.223 e. The van der Waals surface area contributed by atoms with Crippen LogP contribution >= 0.6 is 23.2 Å². The number of halogens is 2. The Hall–Kier alpha value is -1.19. The second-order valence-corrected chi connectivity index (χ2v) is 5.11. The number of aliphatic hydroxyl groups excluding tert-OH is 2. The van der Waals surface area contributed by atoms with Crippen LogP contribution in [-0.4, -0.2) is 48.5 Å². The van der Waals surface area contributed by atoms with E-state index in [2.05, 4.69) is 15.0 Å². The summed E-state index contributed by atoms with van der Waals surface area (Å²) in [4.78, 5) is 11.9. The highest BCUT2D eigenvalue weighted by atomic mass is 35.5. The number of anilines is 1. The molecule has 0 aromatic carbocycles. The van der Waals surface area contributed by atoms with Crippen LogP contribution in [0.1, 0.15) is 12.6 Å². The van der Waals surface area contributed by atoms with E-state index in [-0.39, 0.29) is 29.4 Å². The van der Waals surface area contributed by atoms with Crippen molar-refractivity contribution >= 4 is 40.3 Å². The average molecular weight is 320 g/mol. The molecular formula is C10H11Cl2N5O3. The minimum absolute atomic E-state index is 0.0161. The summed E-state index contributed by atoms with van der Waals surface area (Å²) in [6.07, 6.45) is -1.83. The lowest BCUT2D eigenvalue weighted by atomic mass is 10.2. The number of rotatable bonds is 2. The van der Waals surface area contributed by atoms with Crippen LogP contribution < -0.4 is 5.73 Å². The minimum atomic E-state index is -0.798. The fraction of sp³-hybridized carbons (Fsp3) is 0.500. The zero-order chi connectivity index (χ0) is 14.4. The summed E-state index contributed by atoms with van der Waals surface area (Å²) in [5.74, 6) is -0.0161. The third-order valence-corrected chi connectivity index (χ3v) is 3.67. The van der Waals surface area contributed by atoms with Gasteiger partial charge in [0, 0.05) is 6.42 Å². The fourth-order valence-corrected chi connectivity index (χ4v) is 2.71. The number of hydrogen-bond donors (Lipinski definition) is 3. The highest BCUT2D eigenvalue weighted by Gasteiger charge is 2.36. The average Bonchev–Trinajstić information content (AvgIpc) is 2.89. The van der Waals surface area contributed by atoms with E-state index in [0.29, 0.717) is 11.2 Å². The number of fused-ring (bicyclic) bond motifs is 1. The Morgan fingerprint density at radius 1 is 1.35 bits per heavy atom. The summed E-state index contributed by atoms with van der Waals surface area (Å²) in [6.45, 7) is -0.292. The molecule has 2 aromatic rings. The first-order valence-electron chi connectivity index (χ1n) is 5.82. The molecule has 0 bridgehead atoms. The Labute approximate surface area is 123 Å². The number of nitrogen functional groups attached to an aromatic ring is 1. The lowest BCUT2D eigenvalue weighted by Gasteiger charge is -2.14. The molecule has 0 amide bonds. The third kappa shape index (κ3) is 2.09. The molecular weight excluding hydrogens is 309 g/mol. The van der Waals surface area contributed by atoms with Crippen molar-refractivity contribution in [1.82, 2.24) is 19.5 Å². The first kappa shape index (κ1) is 13.8. The summed E-state index contributed by atoms with van der Waals surface area (Å²) < 4.78 is 7.00. The number of nitrogens with zero attached hydrogens (tertiary/aromatic N) is 4. The van der Waals surface area contributed by atoms with E-state index in [1.807, 2.05) is 0 Å². The Morgan fingerprint density at radius 3 is 2.75 bits per heavy atom. The van der Waals surface area contributed by atoms with Crippen molar-refractivity contribution in [3.05, 3.63) is 10.4 Å². The molecule has 1 fully saturated rings. The molecule has 0 aliphatic carbocycles. The summed E-state index contributed by atoms with van der Waals surface area (Å²) in [6, 6.07) is 0. The zero-order valence-electron chi connectivity index (χ0n) is 10.1. The quantitative estimate of drug-likeness (QED) is 0.540. The van der Waals surface area contributed by atoms with E-state index in [9.17, 15) is 5.11 Å². The van der Waals surface area contributed by atoms with E-state index in [0.717, 1.165) is 0 Å². The van der Waals surface area contributed by atoms with Gasteiger partial charge >= 0.3 is 0 Å². The largest absolute Gasteiger partial charge is 0.394 e. The molecule has 3 atom stereocenters. The molecule has 0 saturated carbocycles. The van der Waals surface area contributed by atoms with Crippen LogP contribution in [0.4, 0.5) is 5.95 Å². The number of imidazole rings is 1. The van der Waals surface area contributed by atoms with Crippen molar-refractivity contribution in [3.63, 3.8) is 0 Å². The molecule has 0 radical (unpaired) electrons. The van der Waals surface area contributed by atoms with Gasteiger partial charge in [-0.1, -0.05) is 11.6 Å². The highest BCUT2D eigenvalue weighted by Crippen LogP contribution is 2.35. The number of nitrogens with two attached hydrogens (primary N) is 1. The van der Waals surface area contributed by atoms with Gasteiger partial charge in [0.05, 0.1) is 12.7 Å². The Morgan fingerprint density at radius 2 is 2.10 bits per heavy atom. The van der Waals surface area contributed by atoms with Crippen molar-refractivity contribution in [2.24, 2.45) is 0 Å². The zero-order valence-corrected chi connectivity index (χ0v) is 11.6. The normalized spacial score (nSPS) is 26.5. The molecule has 0 unspecified atom stereocenters. The van der Waals surface area contributed by atoms with Gasteiger partial charge in [-0.2, -0.15) is 9.97 Å². The first-order valence-corrected chi connectivity index (χ1v) is 6.57. The molecule has 20 heavy (non-hydrogen) atoms. The van der Waals surface area contributed by atoms with Crippen molar-refractivity contribution in [3.8, 4) is 0 Å². The van der Waals surface area contributed by atoms with Crippen molar-refractivity contribution in [2.75, 3.05) is 12.3 Å². The minimum Gasteiger partial charge on any atom is -0.394 e. The van der Waals surface area contributed by atoms with Gasteiger partial charge in [0.15, 0.2) is 10.8 Å². The molecule has 108 valence electrons. The number of aliphatic hydroxyl groups is 2. The van der Waals surface area contributed by atoms with Crippen LogP contribution in [0.15, 0.2) is 0 Å². The van der Waals surface area contributed by atoms with Gasteiger partial charge < -0.3 is 20.7 Å². The van der Waals surface area contributed by atoms with Crippen LogP contribution in [0.3, 0.4) is 0 Å². The van der Waals surface area contributed by atoms with Gasteiger partial charge in [0.1, 0.15) is 17.8 Å². The first-order chi connectivity index (χ1) is 9.51. The van der Waals surface area contributed by atoms with Crippen LogP contribution in [-0.2, 0) is 4.74 Å².